The molecule has 1 amide bonds. The van der Waals surface area contributed by atoms with Crippen LogP contribution < -0.4 is 5.32 Å². The largest absolute Gasteiger partial charge is 0.324 e. The van der Waals surface area contributed by atoms with Gasteiger partial charge in [-0.15, -0.1) is 0 Å². The van der Waals surface area contributed by atoms with Crippen molar-refractivity contribution in [3.05, 3.63) is 29.6 Å². The van der Waals surface area contributed by atoms with Gasteiger partial charge in [0, 0.05) is 6.42 Å². The number of nitrogens with one attached hydrogen (secondary N) is 1. The predicted molar refractivity (Wildman–Crippen MR) is 58.2 cm³/mol. The molecule has 1 aromatic rings. The maximum Gasteiger partial charge on any atom is 0.225 e. The second kappa shape index (κ2) is 5.37. The topological polar surface area (TPSA) is 52.9 Å². The third-order valence-electron chi connectivity index (χ3n) is 1.71. The summed E-state index contributed by atoms with van der Waals surface area (Å²) in [6.45, 7) is 0. The van der Waals surface area contributed by atoms with Crippen LogP contribution in [0.1, 0.15) is 12.0 Å². The van der Waals surface area contributed by atoms with Crippen LogP contribution in [-0.4, -0.2) is 11.7 Å². The molecular formula is C10H9FN2OS. The summed E-state index contributed by atoms with van der Waals surface area (Å²) in [5.74, 6) is -0.501. The summed E-state index contributed by atoms with van der Waals surface area (Å²) < 4.78 is 13.3. The van der Waals surface area contributed by atoms with E-state index in [1.165, 1.54) is 12.1 Å². The van der Waals surface area contributed by atoms with Gasteiger partial charge >= 0.3 is 0 Å². The number of benzene rings is 1. The molecule has 0 saturated carbocycles. The van der Waals surface area contributed by atoms with Gasteiger partial charge in [0.05, 0.1) is 17.3 Å². The van der Waals surface area contributed by atoms with Crippen molar-refractivity contribution < 1.29 is 9.18 Å². The summed E-state index contributed by atoms with van der Waals surface area (Å²) in [6, 6.07) is 5.70. The van der Waals surface area contributed by atoms with Crippen LogP contribution in [-0.2, 0) is 4.79 Å². The molecule has 0 spiro atoms. The first-order valence-corrected chi connectivity index (χ1v) is 4.91. The summed E-state index contributed by atoms with van der Waals surface area (Å²) in [5.41, 5.74) is 0.306. The van der Waals surface area contributed by atoms with E-state index < -0.39 is 5.82 Å². The van der Waals surface area contributed by atoms with E-state index in [9.17, 15) is 9.18 Å². The molecule has 1 aromatic carbocycles. The highest BCUT2D eigenvalue weighted by molar-refractivity contribution is 7.80. The van der Waals surface area contributed by atoms with Crippen LogP contribution >= 0.6 is 12.6 Å². The number of halogens is 1. The van der Waals surface area contributed by atoms with Crippen LogP contribution in [0.25, 0.3) is 0 Å². The number of carbonyl (C=O) groups is 1. The number of anilines is 1. The highest BCUT2D eigenvalue weighted by Crippen LogP contribution is 2.15. The smallest absolute Gasteiger partial charge is 0.225 e. The highest BCUT2D eigenvalue weighted by Gasteiger charge is 2.06. The first kappa shape index (κ1) is 11.5. The van der Waals surface area contributed by atoms with Crippen LogP contribution in [0.4, 0.5) is 10.1 Å². The van der Waals surface area contributed by atoms with Crippen LogP contribution in [0.3, 0.4) is 0 Å². The average molecular weight is 224 g/mol. The van der Waals surface area contributed by atoms with Gasteiger partial charge in [-0.2, -0.15) is 17.9 Å². The molecule has 0 aliphatic rings. The van der Waals surface area contributed by atoms with Crippen LogP contribution in [0, 0.1) is 17.1 Å². The van der Waals surface area contributed by atoms with E-state index in [1.807, 2.05) is 6.07 Å². The van der Waals surface area contributed by atoms with E-state index in [4.69, 9.17) is 5.26 Å². The molecule has 78 valence electrons. The fraction of sp³-hybridized carbons (Fsp3) is 0.200. The lowest BCUT2D eigenvalue weighted by Crippen LogP contribution is -2.12. The number of thiol groups is 1. The molecule has 0 atom stereocenters. The highest BCUT2D eigenvalue weighted by atomic mass is 32.1. The molecule has 0 fully saturated rings. The van der Waals surface area contributed by atoms with Crippen LogP contribution in [0.5, 0.6) is 0 Å². The Hall–Kier alpha value is -1.54. The van der Waals surface area contributed by atoms with Crippen molar-refractivity contribution >= 4 is 24.2 Å². The van der Waals surface area contributed by atoms with E-state index in [0.717, 1.165) is 6.07 Å². The third-order valence-corrected chi connectivity index (χ3v) is 1.93. The van der Waals surface area contributed by atoms with Crippen molar-refractivity contribution in [2.45, 2.75) is 6.42 Å². The van der Waals surface area contributed by atoms with Gasteiger partial charge in [-0.3, -0.25) is 4.79 Å². The number of carbonyl (C=O) groups excluding carboxylic acids is 1. The Balaban J connectivity index is 2.79. The summed E-state index contributed by atoms with van der Waals surface area (Å²) in [5, 5.41) is 10.9. The Morgan fingerprint density at radius 2 is 2.33 bits per heavy atom. The normalized spacial score (nSPS) is 9.40. The van der Waals surface area contributed by atoms with Crippen molar-refractivity contribution in [2.24, 2.45) is 0 Å². The minimum absolute atomic E-state index is 0.0841. The van der Waals surface area contributed by atoms with Gasteiger partial charge in [0.25, 0.3) is 0 Å². The van der Waals surface area contributed by atoms with Gasteiger partial charge in [0.2, 0.25) is 5.91 Å². The SMILES string of the molecule is N#Cc1ccc(NC(=O)CCS)c(F)c1. The van der Waals surface area contributed by atoms with Crippen molar-refractivity contribution in [2.75, 3.05) is 11.1 Å². The number of hydrogen-bond donors (Lipinski definition) is 2. The maximum absolute atomic E-state index is 13.3. The van der Waals surface area contributed by atoms with E-state index in [2.05, 4.69) is 17.9 Å². The van der Waals surface area contributed by atoms with Crippen molar-refractivity contribution in [1.82, 2.24) is 0 Å². The number of hydrogen-bond acceptors (Lipinski definition) is 3. The van der Waals surface area contributed by atoms with Gasteiger partial charge in [-0.1, -0.05) is 0 Å². The monoisotopic (exact) mass is 224 g/mol. The molecule has 0 aromatic heterocycles. The minimum atomic E-state index is -0.610. The Labute approximate surface area is 92.3 Å². The summed E-state index contributed by atoms with van der Waals surface area (Å²) >= 11 is 3.89. The van der Waals surface area contributed by atoms with Gasteiger partial charge in [-0.05, 0) is 24.0 Å². The van der Waals surface area contributed by atoms with Gasteiger partial charge in [-0.25, -0.2) is 4.39 Å². The molecule has 0 saturated heterocycles. The van der Waals surface area contributed by atoms with Crippen molar-refractivity contribution in [3.63, 3.8) is 0 Å². The summed E-state index contributed by atoms with van der Waals surface area (Å²) in [6.07, 6.45) is 0.225. The molecule has 0 aliphatic heterocycles. The third kappa shape index (κ3) is 3.26. The molecule has 1 rings (SSSR count). The lowest BCUT2D eigenvalue weighted by molar-refractivity contribution is -0.115. The quantitative estimate of drug-likeness (QED) is 0.771. The molecule has 3 nitrogen and oxygen atoms in total. The molecule has 5 heteroatoms. The van der Waals surface area contributed by atoms with Crippen LogP contribution in [0.15, 0.2) is 18.2 Å². The Morgan fingerprint density at radius 3 is 2.87 bits per heavy atom. The Kier molecular flexibility index (Phi) is 4.13. The standard InChI is InChI=1S/C10H9FN2OS/c11-8-5-7(6-12)1-2-9(8)13-10(14)3-4-15/h1-2,5,15H,3-4H2,(H,13,14). The Morgan fingerprint density at radius 1 is 1.60 bits per heavy atom. The van der Waals surface area contributed by atoms with E-state index >= 15 is 0 Å². The van der Waals surface area contributed by atoms with E-state index in [-0.39, 0.29) is 23.6 Å². The summed E-state index contributed by atoms with van der Waals surface area (Å²) in [4.78, 5) is 11.1. The fourth-order valence-electron chi connectivity index (χ4n) is 1.00. The average Bonchev–Trinajstić information content (AvgIpc) is 2.21. The fourth-order valence-corrected chi connectivity index (χ4v) is 1.20. The first-order chi connectivity index (χ1) is 7.17. The van der Waals surface area contributed by atoms with Gasteiger partial charge in [0.15, 0.2) is 0 Å². The van der Waals surface area contributed by atoms with Crippen molar-refractivity contribution in [3.8, 4) is 6.07 Å². The molecule has 0 heterocycles. The number of nitrogens with zero attached hydrogens (tertiary/aromatic N) is 1. The number of nitriles is 1. The second-order valence-electron chi connectivity index (χ2n) is 2.83. The van der Waals surface area contributed by atoms with E-state index in [1.54, 1.807) is 0 Å². The van der Waals surface area contributed by atoms with Crippen molar-refractivity contribution in [1.29, 1.82) is 5.26 Å². The first-order valence-electron chi connectivity index (χ1n) is 4.27. The summed E-state index contributed by atoms with van der Waals surface area (Å²) in [7, 11) is 0. The zero-order valence-corrected chi connectivity index (χ0v) is 8.72. The second-order valence-corrected chi connectivity index (χ2v) is 3.28. The molecule has 15 heavy (non-hydrogen) atoms. The number of amides is 1. The molecule has 0 aliphatic carbocycles. The van der Waals surface area contributed by atoms with E-state index in [0.29, 0.717) is 5.75 Å². The molecular weight excluding hydrogens is 215 g/mol. The van der Waals surface area contributed by atoms with Crippen LogP contribution in [0.2, 0.25) is 0 Å². The zero-order chi connectivity index (χ0) is 11.3. The molecule has 0 unspecified atom stereocenters. The predicted octanol–water partition coefficient (Wildman–Crippen LogP) is 1.96. The Bertz CT molecular complexity index is 414. The molecule has 0 radical (unpaired) electrons. The molecule has 1 N–H and O–H groups in total. The molecule has 0 bridgehead atoms. The minimum Gasteiger partial charge on any atom is -0.324 e. The van der Waals surface area contributed by atoms with Gasteiger partial charge in [0.1, 0.15) is 5.82 Å². The lowest BCUT2D eigenvalue weighted by Gasteiger charge is -2.05. The van der Waals surface area contributed by atoms with Gasteiger partial charge < -0.3 is 5.32 Å². The lowest BCUT2D eigenvalue weighted by atomic mass is 10.2. The maximum atomic E-state index is 13.3. The number of rotatable bonds is 3. The zero-order valence-electron chi connectivity index (χ0n) is 7.83.